The third-order valence-electron chi connectivity index (χ3n) is 3.87. The summed E-state index contributed by atoms with van der Waals surface area (Å²) in [5.41, 5.74) is 0.757. The van der Waals surface area contributed by atoms with Gasteiger partial charge in [-0.15, -0.1) is 0 Å². The zero-order valence-corrected chi connectivity index (χ0v) is 10.4. The van der Waals surface area contributed by atoms with E-state index in [-0.39, 0.29) is 11.9 Å². The van der Waals surface area contributed by atoms with Crippen LogP contribution < -0.4 is 10.6 Å². The maximum Gasteiger partial charge on any atom is 0.272 e. The minimum Gasteiger partial charge on any atom is -0.348 e. The van der Waals surface area contributed by atoms with Crippen LogP contribution in [-0.4, -0.2) is 32.8 Å². The highest BCUT2D eigenvalue weighted by Gasteiger charge is 2.41. The van der Waals surface area contributed by atoms with E-state index in [9.17, 15) is 4.79 Å². The van der Waals surface area contributed by atoms with E-state index in [0.717, 1.165) is 31.1 Å². The summed E-state index contributed by atoms with van der Waals surface area (Å²) in [7, 11) is 0. The van der Waals surface area contributed by atoms with Crippen molar-refractivity contribution in [3.8, 4) is 0 Å². The lowest BCUT2D eigenvalue weighted by Crippen LogP contribution is -2.59. The van der Waals surface area contributed by atoms with Crippen molar-refractivity contribution in [1.29, 1.82) is 0 Å². The van der Waals surface area contributed by atoms with Crippen molar-refractivity contribution in [1.82, 2.24) is 19.4 Å². The predicted octanol–water partition coefficient (Wildman–Crippen LogP) is 0.943. The lowest BCUT2D eigenvalue weighted by Gasteiger charge is -2.48. The Hall–Kier alpha value is -1.01. The lowest BCUT2D eigenvalue weighted by molar-refractivity contribution is 0.0849. The number of hydrogen-bond donors (Lipinski definition) is 2. The predicted molar refractivity (Wildman–Crippen MR) is 65.0 cm³/mol. The van der Waals surface area contributed by atoms with Crippen LogP contribution in [0.25, 0.3) is 0 Å². The Labute approximate surface area is 104 Å². The van der Waals surface area contributed by atoms with E-state index >= 15 is 0 Å². The number of amides is 1. The number of piperidine rings is 1. The molecule has 1 atom stereocenters. The molecule has 2 aliphatic rings. The molecule has 1 unspecified atom stereocenters. The summed E-state index contributed by atoms with van der Waals surface area (Å²) < 4.78 is 7.80. The summed E-state index contributed by atoms with van der Waals surface area (Å²) in [4.78, 5) is 11.9. The van der Waals surface area contributed by atoms with Crippen LogP contribution in [0, 0.1) is 0 Å². The fourth-order valence-corrected chi connectivity index (χ4v) is 3.20. The van der Waals surface area contributed by atoms with Gasteiger partial charge in [0.05, 0.1) is 17.9 Å². The first kappa shape index (κ1) is 11.1. The number of carbonyl (C=O) groups excluding carboxylic acids is 1. The van der Waals surface area contributed by atoms with Crippen LogP contribution in [0.15, 0.2) is 6.20 Å². The first-order valence-electron chi connectivity index (χ1n) is 6.11. The van der Waals surface area contributed by atoms with E-state index in [1.807, 2.05) is 0 Å². The van der Waals surface area contributed by atoms with Crippen LogP contribution in [0.3, 0.4) is 0 Å². The largest absolute Gasteiger partial charge is 0.348 e. The average Bonchev–Trinajstić information content (AvgIpc) is 2.81. The number of aromatic nitrogens is 2. The van der Waals surface area contributed by atoms with E-state index in [1.165, 1.54) is 25.5 Å². The fourth-order valence-electron chi connectivity index (χ4n) is 2.79. The molecular weight excluding hydrogens is 236 g/mol. The Morgan fingerprint density at radius 3 is 3.12 bits per heavy atom. The summed E-state index contributed by atoms with van der Waals surface area (Å²) >= 11 is 1.07. The van der Waals surface area contributed by atoms with Crippen molar-refractivity contribution in [3.63, 3.8) is 0 Å². The van der Waals surface area contributed by atoms with E-state index in [2.05, 4.69) is 19.4 Å². The Bertz CT molecular complexity index is 402. The standard InChI is InChI=1S/C11H16N4OS/c16-10(9-7-13-17-15-9)14-8-2-5-12-11(6-8)3-1-4-11/h7-8,12H,1-6H2,(H,14,16). The number of nitrogens with zero attached hydrogens (tertiary/aromatic N) is 2. The summed E-state index contributed by atoms with van der Waals surface area (Å²) in [6, 6.07) is 0.283. The van der Waals surface area contributed by atoms with Crippen molar-refractivity contribution in [2.24, 2.45) is 0 Å². The van der Waals surface area contributed by atoms with Crippen LogP contribution in [0.2, 0.25) is 0 Å². The van der Waals surface area contributed by atoms with Gasteiger partial charge < -0.3 is 10.6 Å². The van der Waals surface area contributed by atoms with Crippen LogP contribution in [-0.2, 0) is 0 Å². The molecular formula is C11H16N4OS. The zero-order valence-electron chi connectivity index (χ0n) is 9.61. The molecule has 2 N–H and O–H groups in total. The minimum absolute atomic E-state index is 0.0832. The highest BCUT2D eigenvalue weighted by atomic mass is 32.1. The first-order chi connectivity index (χ1) is 8.27. The molecule has 1 aliphatic heterocycles. The molecule has 0 bridgehead atoms. The quantitative estimate of drug-likeness (QED) is 0.822. The van der Waals surface area contributed by atoms with Gasteiger partial charge in [-0.3, -0.25) is 4.79 Å². The van der Waals surface area contributed by atoms with E-state index in [0.29, 0.717) is 11.2 Å². The monoisotopic (exact) mass is 252 g/mol. The molecule has 92 valence electrons. The molecule has 2 fully saturated rings. The van der Waals surface area contributed by atoms with E-state index in [1.54, 1.807) is 0 Å². The third kappa shape index (κ3) is 2.19. The molecule has 1 aromatic heterocycles. The lowest BCUT2D eigenvalue weighted by atomic mass is 9.70. The van der Waals surface area contributed by atoms with Crippen LogP contribution in [0.5, 0.6) is 0 Å². The average molecular weight is 252 g/mol. The van der Waals surface area contributed by atoms with Gasteiger partial charge in [0, 0.05) is 11.6 Å². The second-order valence-electron chi connectivity index (χ2n) is 5.02. The van der Waals surface area contributed by atoms with Gasteiger partial charge in [0.25, 0.3) is 5.91 Å². The number of carbonyl (C=O) groups is 1. The van der Waals surface area contributed by atoms with Crippen LogP contribution in [0.1, 0.15) is 42.6 Å². The highest BCUT2D eigenvalue weighted by molar-refractivity contribution is 6.99. The number of nitrogens with one attached hydrogen (secondary N) is 2. The van der Waals surface area contributed by atoms with Gasteiger partial charge in [0.15, 0.2) is 5.69 Å². The summed E-state index contributed by atoms with van der Waals surface area (Å²) in [5.74, 6) is -0.0832. The van der Waals surface area contributed by atoms with Crippen molar-refractivity contribution >= 4 is 17.6 Å². The molecule has 0 radical (unpaired) electrons. The molecule has 0 aromatic carbocycles. The minimum atomic E-state index is -0.0832. The molecule has 17 heavy (non-hydrogen) atoms. The van der Waals surface area contributed by atoms with Gasteiger partial charge in [0.2, 0.25) is 0 Å². The van der Waals surface area contributed by atoms with Crippen LogP contribution in [0.4, 0.5) is 0 Å². The number of rotatable bonds is 2. The summed E-state index contributed by atoms with van der Waals surface area (Å²) in [5, 5.41) is 6.66. The van der Waals surface area contributed by atoms with Gasteiger partial charge in [-0.2, -0.15) is 8.75 Å². The normalized spacial score (nSPS) is 26.5. The molecule has 1 saturated heterocycles. The van der Waals surface area contributed by atoms with Gasteiger partial charge in [-0.1, -0.05) is 0 Å². The fraction of sp³-hybridized carbons (Fsp3) is 0.727. The maximum atomic E-state index is 11.9. The second-order valence-corrected chi connectivity index (χ2v) is 5.57. The maximum absolute atomic E-state index is 11.9. The molecule has 1 spiro atoms. The third-order valence-corrected chi connectivity index (χ3v) is 4.35. The molecule has 6 heteroatoms. The Kier molecular flexibility index (Phi) is 2.84. The summed E-state index contributed by atoms with van der Waals surface area (Å²) in [6.07, 6.45) is 7.39. The van der Waals surface area contributed by atoms with Gasteiger partial charge in [-0.25, -0.2) is 0 Å². The Morgan fingerprint density at radius 2 is 2.47 bits per heavy atom. The summed E-state index contributed by atoms with van der Waals surface area (Å²) in [6.45, 7) is 1.00. The second kappa shape index (κ2) is 4.34. The van der Waals surface area contributed by atoms with Gasteiger partial charge in [-0.05, 0) is 38.6 Å². The highest BCUT2D eigenvalue weighted by Crippen LogP contribution is 2.38. The molecule has 5 nitrogen and oxygen atoms in total. The molecule has 2 heterocycles. The number of hydrogen-bond acceptors (Lipinski definition) is 5. The molecule has 1 aliphatic carbocycles. The smallest absolute Gasteiger partial charge is 0.272 e. The SMILES string of the molecule is O=C(NC1CCNC2(CCC2)C1)c1cnsn1. The van der Waals surface area contributed by atoms with Gasteiger partial charge in [0.1, 0.15) is 0 Å². The van der Waals surface area contributed by atoms with Crippen molar-refractivity contribution in [3.05, 3.63) is 11.9 Å². The van der Waals surface area contributed by atoms with Gasteiger partial charge >= 0.3 is 0 Å². The molecule has 1 aromatic rings. The Morgan fingerprint density at radius 1 is 1.59 bits per heavy atom. The Balaban J connectivity index is 1.60. The topological polar surface area (TPSA) is 66.9 Å². The zero-order chi connectivity index (χ0) is 11.7. The molecule has 3 rings (SSSR count). The van der Waals surface area contributed by atoms with E-state index in [4.69, 9.17) is 0 Å². The first-order valence-corrected chi connectivity index (χ1v) is 6.84. The van der Waals surface area contributed by atoms with E-state index < -0.39 is 0 Å². The molecule has 1 amide bonds. The van der Waals surface area contributed by atoms with Crippen molar-refractivity contribution in [2.45, 2.75) is 43.7 Å². The van der Waals surface area contributed by atoms with Crippen molar-refractivity contribution < 1.29 is 4.79 Å². The molecule has 1 saturated carbocycles. The van der Waals surface area contributed by atoms with Crippen molar-refractivity contribution in [2.75, 3.05) is 6.54 Å². The van der Waals surface area contributed by atoms with Crippen LogP contribution >= 0.6 is 11.7 Å².